The number of halogens is 2. The van der Waals surface area contributed by atoms with Crippen molar-refractivity contribution in [2.75, 3.05) is 11.1 Å². The first-order valence-electron chi connectivity index (χ1n) is 9.05. The van der Waals surface area contributed by atoms with E-state index in [4.69, 9.17) is 0 Å². The van der Waals surface area contributed by atoms with Crippen LogP contribution in [0.5, 0.6) is 0 Å². The van der Waals surface area contributed by atoms with E-state index in [9.17, 15) is 13.6 Å². The number of anilines is 1. The Morgan fingerprint density at radius 3 is 2.17 bits per heavy atom. The van der Waals surface area contributed by atoms with Crippen LogP contribution >= 0.6 is 11.8 Å². The molecular formula is C22H16F2N4OS. The summed E-state index contributed by atoms with van der Waals surface area (Å²) in [6, 6.07) is 21.0. The van der Waals surface area contributed by atoms with Gasteiger partial charge in [-0.1, -0.05) is 42.1 Å². The molecule has 8 heteroatoms. The molecule has 0 aliphatic carbocycles. The first-order chi connectivity index (χ1) is 14.6. The van der Waals surface area contributed by atoms with Gasteiger partial charge in [-0.25, -0.2) is 8.78 Å². The van der Waals surface area contributed by atoms with Gasteiger partial charge in [0.2, 0.25) is 5.91 Å². The monoisotopic (exact) mass is 422 g/mol. The molecule has 0 aliphatic heterocycles. The van der Waals surface area contributed by atoms with Crippen LogP contribution in [0.15, 0.2) is 84.0 Å². The second kappa shape index (κ2) is 8.87. The molecule has 0 aliphatic rings. The molecule has 0 saturated carbocycles. The summed E-state index contributed by atoms with van der Waals surface area (Å²) >= 11 is 1.20. The molecule has 4 rings (SSSR count). The topological polar surface area (TPSA) is 59.8 Å². The molecule has 5 nitrogen and oxygen atoms in total. The summed E-state index contributed by atoms with van der Waals surface area (Å²) in [7, 11) is 0. The van der Waals surface area contributed by atoms with Crippen molar-refractivity contribution in [2.24, 2.45) is 0 Å². The van der Waals surface area contributed by atoms with Crippen LogP contribution in [0.25, 0.3) is 17.1 Å². The molecular weight excluding hydrogens is 406 g/mol. The van der Waals surface area contributed by atoms with Gasteiger partial charge in [-0.2, -0.15) is 0 Å². The smallest absolute Gasteiger partial charge is 0.234 e. The first kappa shape index (κ1) is 19.8. The van der Waals surface area contributed by atoms with Crippen molar-refractivity contribution in [1.82, 2.24) is 14.8 Å². The fraction of sp³-hybridized carbons (Fsp3) is 0.0455. The standard InChI is InChI=1S/C22H16F2N4OS/c23-16-6-10-18(11-7-16)25-20(29)14-30-22-27-26-21(15-4-2-1-3-5-15)28(22)19-12-8-17(24)9-13-19/h1-13H,14H2,(H,25,29). The predicted molar refractivity (Wildman–Crippen MR) is 113 cm³/mol. The van der Waals surface area contributed by atoms with Crippen LogP contribution in [0.1, 0.15) is 0 Å². The zero-order valence-electron chi connectivity index (χ0n) is 15.6. The molecule has 0 fully saturated rings. The molecule has 0 bridgehead atoms. The molecule has 0 unspecified atom stereocenters. The Balaban J connectivity index is 1.58. The van der Waals surface area contributed by atoms with Crippen molar-refractivity contribution in [1.29, 1.82) is 0 Å². The molecule has 150 valence electrons. The van der Waals surface area contributed by atoms with Crippen LogP contribution in [-0.4, -0.2) is 26.4 Å². The second-order valence-electron chi connectivity index (χ2n) is 6.33. The van der Waals surface area contributed by atoms with E-state index in [1.807, 2.05) is 30.3 Å². The van der Waals surface area contributed by atoms with Gasteiger partial charge in [-0.3, -0.25) is 9.36 Å². The van der Waals surface area contributed by atoms with Crippen LogP contribution < -0.4 is 5.32 Å². The minimum absolute atomic E-state index is 0.0749. The van der Waals surface area contributed by atoms with Crippen molar-refractivity contribution < 1.29 is 13.6 Å². The van der Waals surface area contributed by atoms with Crippen LogP contribution in [0.3, 0.4) is 0 Å². The highest BCUT2D eigenvalue weighted by atomic mass is 32.2. The zero-order chi connectivity index (χ0) is 20.9. The van der Waals surface area contributed by atoms with Gasteiger partial charge in [-0.15, -0.1) is 10.2 Å². The zero-order valence-corrected chi connectivity index (χ0v) is 16.4. The second-order valence-corrected chi connectivity index (χ2v) is 7.27. The minimum atomic E-state index is -0.372. The summed E-state index contributed by atoms with van der Waals surface area (Å²) in [4.78, 5) is 12.3. The maximum Gasteiger partial charge on any atom is 0.234 e. The van der Waals surface area contributed by atoms with Crippen molar-refractivity contribution >= 4 is 23.4 Å². The first-order valence-corrected chi connectivity index (χ1v) is 10.0. The van der Waals surface area contributed by atoms with Gasteiger partial charge >= 0.3 is 0 Å². The summed E-state index contributed by atoms with van der Waals surface area (Å²) in [6.07, 6.45) is 0. The lowest BCUT2D eigenvalue weighted by atomic mass is 10.2. The average molecular weight is 422 g/mol. The lowest BCUT2D eigenvalue weighted by molar-refractivity contribution is -0.113. The van der Waals surface area contributed by atoms with Crippen molar-refractivity contribution in [3.63, 3.8) is 0 Å². The third-order valence-corrected chi connectivity index (χ3v) is 5.14. The van der Waals surface area contributed by atoms with E-state index in [1.54, 1.807) is 16.7 Å². The number of carbonyl (C=O) groups excluding carboxylic acids is 1. The minimum Gasteiger partial charge on any atom is -0.325 e. The maximum absolute atomic E-state index is 13.4. The number of benzene rings is 3. The van der Waals surface area contributed by atoms with E-state index >= 15 is 0 Å². The van der Waals surface area contributed by atoms with E-state index < -0.39 is 0 Å². The third-order valence-electron chi connectivity index (χ3n) is 4.21. The van der Waals surface area contributed by atoms with E-state index in [0.29, 0.717) is 22.4 Å². The molecule has 4 aromatic rings. The fourth-order valence-electron chi connectivity index (χ4n) is 2.82. The Kier molecular flexibility index (Phi) is 5.85. The van der Waals surface area contributed by atoms with Gasteiger partial charge in [-0.05, 0) is 48.5 Å². The lowest BCUT2D eigenvalue weighted by Gasteiger charge is -2.10. The number of thioether (sulfide) groups is 1. The Morgan fingerprint density at radius 1 is 0.867 bits per heavy atom. The lowest BCUT2D eigenvalue weighted by Crippen LogP contribution is -2.14. The average Bonchev–Trinajstić information content (AvgIpc) is 3.19. The van der Waals surface area contributed by atoms with Gasteiger partial charge in [0.25, 0.3) is 0 Å². The molecule has 1 heterocycles. The van der Waals surface area contributed by atoms with Crippen molar-refractivity contribution in [3.8, 4) is 17.1 Å². The summed E-state index contributed by atoms with van der Waals surface area (Å²) in [5.74, 6) is -0.319. The maximum atomic E-state index is 13.4. The van der Waals surface area contributed by atoms with E-state index in [1.165, 1.54) is 48.2 Å². The highest BCUT2D eigenvalue weighted by Gasteiger charge is 2.17. The summed E-state index contributed by atoms with van der Waals surface area (Å²) in [5.41, 5.74) is 2.03. The van der Waals surface area contributed by atoms with Gasteiger partial charge in [0.15, 0.2) is 11.0 Å². The quantitative estimate of drug-likeness (QED) is 0.447. The van der Waals surface area contributed by atoms with Crippen LogP contribution in [0.4, 0.5) is 14.5 Å². The number of aromatic nitrogens is 3. The van der Waals surface area contributed by atoms with E-state index in [2.05, 4.69) is 15.5 Å². The number of carbonyl (C=O) groups is 1. The largest absolute Gasteiger partial charge is 0.325 e. The molecule has 0 spiro atoms. The Labute approximate surface area is 175 Å². The Bertz CT molecular complexity index is 1150. The SMILES string of the molecule is O=C(CSc1nnc(-c2ccccc2)n1-c1ccc(F)cc1)Nc1ccc(F)cc1. The molecule has 0 radical (unpaired) electrons. The molecule has 30 heavy (non-hydrogen) atoms. The number of nitrogens with zero attached hydrogens (tertiary/aromatic N) is 3. The third kappa shape index (κ3) is 4.55. The number of nitrogens with one attached hydrogen (secondary N) is 1. The number of amides is 1. The molecule has 0 atom stereocenters. The number of hydrogen-bond donors (Lipinski definition) is 1. The van der Waals surface area contributed by atoms with Gasteiger partial charge in [0.1, 0.15) is 11.6 Å². The number of hydrogen-bond acceptors (Lipinski definition) is 4. The van der Waals surface area contributed by atoms with Crippen LogP contribution in [-0.2, 0) is 4.79 Å². The van der Waals surface area contributed by atoms with Crippen LogP contribution in [0, 0.1) is 11.6 Å². The summed E-state index contributed by atoms with van der Waals surface area (Å²) < 4.78 is 28.2. The fourth-order valence-corrected chi connectivity index (χ4v) is 3.57. The summed E-state index contributed by atoms with van der Waals surface area (Å²) in [5, 5.41) is 11.7. The molecule has 1 N–H and O–H groups in total. The molecule has 0 saturated heterocycles. The molecule has 1 aromatic heterocycles. The van der Waals surface area contributed by atoms with Crippen molar-refractivity contribution in [2.45, 2.75) is 5.16 Å². The van der Waals surface area contributed by atoms with Gasteiger partial charge in [0, 0.05) is 16.9 Å². The highest BCUT2D eigenvalue weighted by molar-refractivity contribution is 7.99. The Morgan fingerprint density at radius 2 is 1.50 bits per heavy atom. The van der Waals surface area contributed by atoms with Gasteiger partial charge in [0.05, 0.1) is 5.75 Å². The normalized spacial score (nSPS) is 10.7. The highest BCUT2D eigenvalue weighted by Crippen LogP contribution is 2.28. The number of rotatable bonds is 6. The van der Waals surface area contributed by atoms with Crippen LogP contribution in [0.2, 0.25) is 0 Å². The van der Waals surface area contributed by atoms with E-state index in [0.717, 1.165) is 5.56 Å². The Hall–Kier alpha value is -3.52. The van der Waals surface area contributed by atoms with Gasteiger partial charge < -0.3 is 5.32 Å². The van der Waals surface area contributed by atoms with E-state index in [-0.39, 0.29) is 23.3 Å². The summed E-state index contributed by atoms with van der Waals surface area (Å²) in [6.45, 7) is 0. The molecule has 3 aromatic carbocycles. The predicted octanol–water partition coefficient (Wildman–Crippen LogP) is 4.94. The molecule has 1 amide bonds. The van der Waals surface area contributed by atoms with Crippen molar-refractivity contribution in [3.05, 3.63) is 90.5 Å².